The summed E-state index contributed by atoms with van der Waals surface area (Å²) in [6.07, 6.45) is -1.91. The van der Waals surface area contributed by atoms with Gasteiger partial charge in [-0.05, 0) is 13.8 Å². The second-order valence-electron chi connectivity index (χ2n) is 3.18. The van der Waals surface area contributed by atoms with Crippen molar-refractivity contribution < 1.29 is 57.8 Å². The van der Waals surface area contributed by atoms with Crippen molar-refractivity contribution in [3.63, 3.8) is 0 Å². The quantitative estimate of drug-likeness (QED) is 0.385. The molecule has 12 nitrogen and oxygen atoms in total. The third-order valence-electron chi connectivity index (χ3n) is 1.29. The molecule has 0 amide bonds. The van der Waals surface area contributed by atoms with Crippen molar-refractivity contribution in [3.8, 4) is 0 Å². The van der Waals surface area contributed by atoms with E-state index in [0.717, 1.165) is 0 Å². The molecule has 154 valence electrons. The largest absolute Gasteiger partial charge is 0.508 e. The molecule has 26 heavy (non-hydrogen) atoms. The molecule has 2 N–H and O–H groups in total. The van der Waals surface area contributed by atoms with Crippen molar-refractivity contribution in [2.24, 2.45) is 0 Å². The molecule has 1 aliphatic heterocycles. The predicted molar refractivity (Wildman–Crippen MR) is 87.3 cm³/mol. The Morgan fingerprint density at radius 3 is 1.42 bits per heavy atom. The van der Waals surface area contributed by atoms with Gasteiger partial charge in [0.1, 0.15) is 13.2 Å². The van der Waals surface area contributed by atoms with Crippen LogP contribution in [0.25, 0.3) is 0 Å². The van der Waals surface area contributed by atoms with Gasteiger partial charge in [0.25, 0.3) is 0 Å². The van der Waals surface area contributed by atoms with E-state index in [2.05, 4.69) is 35.0 Å². The van der Waals surface area contributed by atoms with Crippen LogP contribution in [0.5, 0.6) is 0 Å². The lowest BCUT2D eigenvalue weighted by Crippen LogP contribution is -2.02. The predicted octanol–water partition coefficient (Wildman–Crippen LogP) is 2.76. The average Bonchev–Trinajstić information content (AvgIpc) is 3.06. The van der Waals surface area contributed by atoms with Crippen LogP contribution < -0.4 is 0 Å². The molecule has 0 unspecified atom stereocenters. The molecule has 1 aliphatic rings. The van der Waals surface area contributed by atoms with Gasteiger partial charge in [-0.3, -0.25) is 0 Å². The highest BCUT2D eigenvalue weighted by Crippen LogP contribution is 1.92. The summed E-state index contributed by atoms with van der Waals surface area (Å²) in [7, 11) is 3.79. The molecule has 1 saturated heterocycles. The Kier molecular flexibility index (Phi) is 31.5. The molecule has 0 spiro atoms. The summed E-state index contributed by atoms with van der Waals surface area (Å²) < 4.78 is 25.1. The van der Waals surface area contributed by atoms with Gasteiger partial charge in [0, 0.05) is 0 Å². The molecule has 0 radical (unpaired) electrons. The average molecular weight is 386 g/mol. The number of methoxy groups -OCH3 is 3. The van der Waals surface area contributed by atoms with Gasteiger partial charge < -0.3 is 38.6 Å². The van der Waals surface area contributed by atoms with E-state index in [1.807, 2.05) is 6.92 Å². The van der Waals surface area contributed by atoms with E-state index in [0.29, 0.717) is 19.8 Å². The molecular formula is C14H26O12. The van der Waals surface area contributed by atoms with Gasteiger partial charge in [0.15, 0.2) is 0 Å². The zero-order valence-corrected chi connectivity index (χ0v) is 15.4. The maximum atomic E-state index is 9.97. The topological polar surface area (TPSA) is 164 Å². The Bertz CT molecular complexity index is 360. The Labute approximate surface area is 151 Å². The number of rotatable bonds is 1. The van der Waals surface area contributed by atoms with E-state index in [9.17, 15) is 14.4 Å². The minimum Gasteiger partial charge on any atom is -0.450 e. The van der Waals surface area contributed by atoms with E-state index < -0.39 is 24.6 Å². The molecule has 0 atom stereocenters. The first-order valence-corrected chi connectivity index (χ1v) is 6.77. The van der Waals surface area contributed by atoms with Crippen LogP contribution >= 0.6 is 0 Å². The standard InChI is InChI=1S/C4H8O3.C3H4O3.C3H6O3.C3H6.CH2O3/c1-3-7-4(5)6-2;4-3-5-1-2-6-3;1-5-3(4)6-2;1-3-2;2-1(3)4/h3H2,1-2H3;1-2H2;1-2H3;3H,1H2,2H3;(H2,2,3,4). The molecule has 0 bridgehead atoms. The minimum atomic E-state index is -1.83. The van der Waals surface area contributed by atoms with Gasteiger partial charge in [-0.25, -0.2) is 19.2 Å². The number of ether oxygens (including phenoxy) is 6. The van der Waals surface area contributed by atoms with E-state index in [1.165, 1.54) is 21.3 Å². The molecule has 1 fully saturated rings. The summed E-state index contributed by atoms with van der Waals surface area (Å²) in [4.78, 5) is 38.1. The molecule has 1 heterocycles. The maximum Gasteiger partial charge on any atom is 0.508 e. The van der Waals surface area contributed by atoms with Crippen LogP contribution in [0.15, 0.2) is 12.7 Å². The number of carbonyl (C=O) groups is 4. The normalized spacial score (nSPS) is 9.65. The fraction of sp³-hybridized carbons (Fsp3) is 0.571. The summed E-state index contributed by atoms with van der Waals surface area (Å²) in [6.45, 7) is 8.17. The molecule has 0 aliphatic carbocycles. The van der Waals surface area contributed by atoms with Gasteiger partial charge in [-0.15, -0.1) is 6.58 Å². The Balaban J connectivity index is -0.000000120. The lowest BCUT2D eigenvalue weighted by Gasteiger charge is -1.94. The van der Waals surface area contributed by atoms with Crippen molar-refractivity contribution in [3.05, 3.63) is 12.7 Å². The Morgan fingerprint density at radius 2 is 1.35 bits per heavy atom. The lowest BCUT2D eigenvalue weighted by molar-refractivity contribution is 0.0770. The second-order valence-corrected chi connectivity index (χ2v) is 3.18. The maximum absolute atomic E-state index is 9.97. The SMILES string of the molecule is C=CC.CCOC(=O)OC.COC(=O)OC.O=C(O)O.O=C1OCCO1. The molecule has 0 saturated carbocycles. The van der Waals surface area contributed by atoms with Gasteiger partial charge >= 0.3 is 24.6 Å². The number of hydrogen-bond donors (Lipinski definition) is 2. The highest BCUT2D eigenvalue weighted by Gasteiger charge is 2.09. The van der Waals surface area contributed by atoms with Crippen molar-refractivity contribution >= 4 is 24.6 Å². The summed E-state index contributed by atoms with van der Waals surface area (Å²) in [5.74, 6) is 0. The first-order valence-electron chi connectivity index (χ1n) is 6.77. The summed E-state index contributed by atoms with van der Waals surface area (Å²) in [5.41, 5.74) is 0. The van der Waals surface area contributed by atoms with Gasteiger partial charge in [0.2, 0.25) is 0 Å². The Morgan fingerprint density at radius 1 is 1.04 bits per heavy atom. The third-order valence-corrected chi connectivity index (χ3v) is 1.29. The zero-order chi connectivity index (χ0) is 21.4. The van der Waals surface area contributed by atoms with E-state index in [1.54, 1.807) is 13.0 Å². The van der Waals surface area contributed by atoms with Crippen LogP contribution in [0.2, 0.25) is 0 Å². The monoisotopic (exact) mass is 386 g/mol. The van der Waals surface area contributed by atoms with Gasteiger partial charge in [-0.2, -0.15) is 0 Å². The smallest absolute Gasteiger partial charge is 0.450 e. The van der Waals surface area contributed by atoms with Crippen LogP contribution in [0.4, 0.5) is 19.2 Å². The van der Waals surface area contributed by atoms with Crippen molar-refractivity contribution in [1.29, 1.82) is 0 Å². The highest BCUT2D eigenvalue weighted by atomic mass is 16.8. The molecular weight excluding hydrogens is 360 g/mol. The van der Waals surface area contributed by atoms with Crippen LogP contribution in [-0.4, -0.2) is 76.0 Å². The molecule has 12 heteroatoms. The lowest BCUT2D eigenvalue weighted by atomic mass is 10.8. The Hall–Kier alpha value is -3.18. The van der Waals surface area contributed by atoms with Crippen molar-refractivity contribution in [1.82, 2.24) is 0 Å². The van der Waals surface area contributed by atoms with Crippen LogP contribution in [0.3, 0.4) is 0 Å². The number of cyclic esters (lactones) is 2. The van der Waals surface area contributed by atoms with Crippen molar-refractivity contribution in [2.45, 2.75) is 13.8 Å². The summed E-state index contributed by atoms with van der Waals surface area (Å²) in [6, 6.07) is 0. The number of allylic oxidation sites excluding steroid dienone is 1. The summed E-state index contributed by atoms with van der Waals surface area (Å²) in [5, 5.41) is 13.9. The second kappa shape index (κ2) is 26.7. The highest BCUT2D eigenvalue weighted by molar-refractivity contribution is 5.61. The minimum absolute atomic E-state index is 0.368. The number of carboxylic acid groups (broad SMARTS) is 2. The van der Waals surface area contributed by atoms with Crippen LogP contribution in [0, 0.1) is 0 Å². The third kappa shape index (κ3) is 49.8. The van der Waals surface area contributed by atoms with Crippen molar-refractivity contribution in [2.75, 3.05) is 41.2 Å². The van der Waals surface area contributed by atoms with Crippen LogP contribution in [-0.2, 0) is 28.4 Å². The molecule has 1 rings (SSSR count). The first-order chi connectivity index (χ1) is 12.2. The molecule has 0 aromatic carbocycles. The number of carbonyl (C=O) groups excluding carboxylic acids is 3. The van der Waals surface area contributed by atoms with Gasteiger partial charge in [-0.1, -0.05) is 6.08 Å². The fourth-order valence-electron chi connectivity index (χ4n) is 0.552. The number of hydrogen-bond acceptors (Lipinski definition) is 10. The molecule has 0 aromatic heterocycles. The first kappa shape index (κ1) is 30.7. The van der Waals surface area contributed by atoms with Crippen LogP contribution in [0.1, 0.15) is 13.8 Å². The van der Waals surface area contributed by atoms with Gasteiger partial charge in [0.05, 0.1) is 27.9 Å². The molecule has 0 aromatic rings. The zero-order valence-electron chi connectivity index (χ0n) is 15.4. The van der Waals surface area contributed by atoms with E-state index in [-0.39, 0.29) is 0 Å². The van der Waals surface area contributed by atoms with E-state index >= 15 is 0 Å². The summed E-state index contributed by atoms with van der Waals surface area (Å²) >= 11 is 0. The fourth-order valence-corrected chi connectivity index (χ4v) is 0.552. The van der Waals surface area contributed by atoms with E-state index in [4.69, 9.17) is 15.0 Å².